The van der Waals surface area contributed by atoms with Crippen molar-refractivity contribution in [3.05, 3.63) is 107 Å². The van der Waals surface area contributed by atoms with Gasteiger partial charge in [-0.2, -0.15) is 4.72 Å². The van der Waals surface area contributed by atoms with Crippen LogP contribution in [0, 0.1) is 6.92 Å². The molecule has 0 spiro atoms. The Labute approximate surface area is 230 Å². The van der Waals surface area contributed by atoms with Crippen molar-refractivity contribution in [2.75, 3.05) is 10.6 Å². The van der Waals surface area contributed by atoms with Crippen molar-refractivity contribution in [2.45, 2.75) is 24.3 Å². The average molecular weight is 565 g/mol. The number of carbonyl (C=O) groups excluding carboxylic acids is 1. The first kappa shape index (κ1) is 27.8. The predicted molar refractivity (Wildman–Crippen MR) is 150 cm³/mol. The summed E-state index contributed by atoms with van der Waals surface area (Å²) in [5, 5.41) is 15.3. The molecule has 4 aromatic rings. The quantitative estimate of drug-likeness (QED) is 0.217. The van der Waals surface area contributed by atoms with Gasteiger partial charge in [0.25, 0.3) is 0 Å². The zero-order chi connectivity index (χ0) is 28.0. The molecule has 0 aliphatic heterocycles. The molecule has 0 bridgehead atoms. The summed E-state index contributed by atoms with van der Waals surface area (Å²) >= 11 is 6.00. The van der Waals surface area contributed by atoms with Crippen molar-refractivity contribution in [3.63, 3.8) is 0 Å². The zero-order valence-electron chi connectivity index (χ0n) is 20.8. The molecular formula is C28H25ClN4O5S. The SMILES string of the molecule is Cc1ccc(-c2ccc(C[C@@H](NS(=O)(=O)c3ccccc3Cl)C(=O)O)cc2)cc1NC(=O)Nc1ccncc1. The van der Waals surface area contributed by atoms with E-state index in [4.69, 9.17) is 11.6 Å². The molecule has 11 heteroatoms. The third-order valence-corrected chi connectivity index (χ3v) is 7.84. The number of nitrogens with zero attached hydrogens (tertiary/aromatic N) is 1. The highest BCUT2D eigenvalue weighted by molar-refractivity contribution is 7.89. The van der Waals surface area contributed by atoms with E-state index >= 15 is 0 Å². The third kappa shape index (κ3) is 7.20. The molecule has 0 fully saturated rings. The van der Waals surface area contributed by atoms with Crippen LogP contribution >= 0.6 is 11.6 Å². The molecule has 4 rings (SSSR count). The number of halogens is 1. The molecular weight excluding hydrogens is 540 g/mol. The maximum atomic E-state index is 12.7. The fourth-order valence-electron chi connectivity index (χ4n) is 3.82. The fourth-order valence-corrected chi connectivity index (χ4v) is 5.53. The van der Waals surface area contributed by atoms with Crippen LogP contribution in [0.15, 0.2) is 96.2 Å². The van der Waals surface area contributed by atoms with Gasteiger partial charge in [-0.3, -0.25) is 9.78 Å². The molecule has 0 saturated carbocycles. The van der Waals surface area contributed by atoms with Crippen molar-refractivity contribution < 1.29 is 23.1 Å². The van der Waals surface area contributed by atoms with Crippen LogP contribution in [0.1, 0.15) is 11.1 Å². The van der Waals surface area contributed by atoms with E-state index < -0.39 is 28.1 Å². The molecule has 0 aliphatic carbocycles. The number of sulfonamides is 1. The molecule has 200 valence electrons. The van der Waals surface area contributed by atoms with Gasteiger partial charge in [0.15, 0.2) is 0 Å². The summed E-state index contributed by atoms with van der Waals surface area (Å²) in [5.74, 6) is -1.31. The molecule has 0 unspecified atom stereocenters. The number of carboxylic acids is 1. The Hall–Kier alpha value is -4.25. The third-order valence-electron chi connectivity index (χ3n) is 5.87. The summed E-state index contributed by atoms with van der Waals surface area (Å²) in [5.41, 5.74) is 4.40. The van der Waals surface area contributed by atoms with Crippen molar-refractivity contribution in [1.29, 1.82) is 0 Å². The van der Waals surface area contributed by atoms with Gasteiger partial charge in [0.2, 0.25) is 10.0 Å². The standard InChI is InChI=1S/C28H25ClN4O5S/c1-18-6-9-21(17-24(18)32-28(36)31-22-12-14-30-15-13-22)20-10-7-19(8-11-20)16-25(27(34)35)33-39(37,38)26-5-3-2-4-23(26)29/h2-15,17,25,33H,16H2,1H3,(H,34,35)(H2,30,31,32,36)/t25-/m1/s1. The smallest absolute Gasteiger partial charge is 0.323 e. The van der Waals surface area contributed by atoms with Crippen molar-refractivity contribution in [2.24, 2.45) is 0 Å². The zero-order valence-corrected chi connectivity index (χ0v) is 22.3. The van der Waals surface area contributed by atoms with Gasteiger partial charge in [0, 0.05) is 23.8 Å². The minimum atomic E-state index is -4.15. The Morgan fingerprint density at radius 1 is 0.923 bits per heavy atom. The summed E-state index contributed by atoms with van der Waals surface area (Å²) in [4.78, 5) is 28.0. The Balaban J connectivity index is 1.47. The second-order valence-corrected chi connectivity index (χ2v) is 10.8. The minimum absolute atomic E-state index is 0.000274. The number of pyridine rings is 1. The van der Waals surface area contributed by atoms with E-state index in [0.717, 1.165) is 16.7 Å². The number of amides is 2. The van der Waals surface area contributed by atoms with Gasteiger partial charge in [-0.15, -0.1) is 0 Å². The number of carboxylic acid groups (broad SMARTS) is 1. The lowest BCUT2D eigenvalue weighted by molar-refractivity contribution is -0.138. The number of anilines is 2. The topological polar surface area (TPSA) is 137 Å². The Bertz CT molecular complexity index is 1600. The summed E-state index contributed by atoms with van der Waals surface area (Å²) < 4.78 is 27.7. The highest BCUT2D eigenvalue weighted by Gasteiger charge is 2.27. The van der Waals surface area contributed by atoms with E-state index in [1.165, 1.54) is 18.2 Å². The highest BCUT2D eigenvalue weighted by atomic mass is 35.5. The molecule has 3 aromatic carbocycles. The van der Waals surface area contributed by atoms with Crippen LogP contribution in [0.2, 0.25) is 5.02 Å². The van der Waals surface area contributed by atoms with Crippen molar-refractivity contribution >= 4 is 45.0 Å². The van der Waals surface area contributed by atoms with Crippen LogP contribution in [0.25, 0.3) is 11.1 Å². The average Bonchev–Trinajstić information content (AvgIpc) is 2.90. The lowest BCUT2D eigenvalue weighted by atomic mass is 9.99. The lowest BCUT2D eigenvalue weighted by Crippen LogP contribution is -2.42. The second kappa shape index (κ2) is 12.1. The maximum Gasteiger partial charge on any atom is 0.323 e. The number of rotatable bonds is 9. The first-order chi connectivity index (χ1) is 18.6. The van der Waals surface area contributed by atoms with E-state index in [9.17, 15) is 23.1 Å². The van der Waals surface area contributed by atoms with Gasteiger partial charge >= 0.3 is 12.0 Å². The molecule has 1 heterocycles. The van der Waals surface area contributed by atoms with E-state index in [2.05, 4.69) is 20.3 Å². The Morgan fingerprint density at radius 3 is 2.26 bits per heavy atom. The summed E-state index contributed by atoms with van der Waals surface area (Å²) in [6.45, 7) is 1.88. The van der Waals surface area contributed by atoms with Crippen LogP contribution in [0.3, 0.4) is 0 Å². The van der Waals surface area contributed by atoms with Crippen LogP contribution in [0.5, 0.6) is 0 Å². The molecule has 9 nitrogen and oxygen atoms in total. The number of urea groups is 1. The largest absolute Gasteiger partial charge is 0.480 e. The molecule has 0 aliphatic rings. The monoisotopic (exact) mass is 564 g/mol. The van der Waals surface area contributed by atoms with Gasteiger partial charge in [-0.1, -0.05) is 60.1 Å². The number of carbonyl (C=O) groups is 2. The summed E-state index contributed by atoms with van der Waals surface area (Å²) in [6.07, 6.45) is 3.09. The number of nitrogens with one attached hydrogen (secondary N) is 3. The summed E-state index contributed by atoms with van der Waals surface area (Å²) in [6, 6.07) is 20.1. The normalized spacial score (nSPS) is 11.9. The number of benzene rings is 3. The lowest BCUT2D eigenvalue weighted by Gasteiger charge is -2.16. The van der Waals surface area contributed by atoms with Gasteiger partial charge in [0.1, 0.15) is 10.9 Å². The van der Waals surface area contributed by atoms with Crippen LogP contribution in [-0.4, -0.2) is 36.6 Å². The molecule has 0 saturated heterocycles. The molecule has 1 atom stereocenters. The van der Waals surface area contributed by atoms with Crippen LogP contribution < -0.4 is 15.4 Å². The van der Waals surface area contributed by atoms with Gasteiger partial charge in [-0.05, 0) is 65.9 Å². The molecule has 39 heavy (non-hydrogen) atoms. The second-order valence-electron chi connectivity index (χ2n) is 8.69. The van der Waals surface area contributed by atoms with Gasteiger partial charge < -0.3 is 15.7 Å². The number of aryl methyl sites for hydroxylation is 1. The van der Waals surface area contributed by atoms with E-state index in [1.54, 1.807) is 42.7 Å². The van der Waals surface area contributed by atoms with Crippen LogP contribution in [0.4, 0.5) is 16.2 Å². The number of hydrogen-bond donors (Lipinski definition) is 4. The number of hydrogen-bond acceptors (Lipinski definition) is 5. The first-order valence-corrected chi connectivity index (χ1v) is 13.7. The Kier molecular flexibility index (Phi) is 8.60. The minimum Gasteiger partial charge on any atom is -0.480 e. The first-order valence-electron chi connectivity index (χ1n) is 11.8. The number of aromatic nitrogens is 1. The van der Waals surface area contributed by atoms with Crippen LogP contribution in [-0.2, 0) is 21.2 Å². The Morgan fingerprint density at radius 2 is 1.59 bits per heavy atom. The molecule has 0 radical (unpaired) electrons. The predicted octanol–water partition coefficient (Wildman–Crippen LogP) is 5.33. The van der Waals surface area contributed by atoms with Gasteiger partial charge in [0.05, 0.1) is 5.02 Å². The van der Waals surface area contributed by atoms with Crippen molar-refractivity contribution in [3.8, 4) is 11.1 Å². The van der Waals surface area contributed by atoms with E-state index in [1.807, 2.05) is 37.3 Å². The van der Waals surface area contributed by atoms with E-state index in [0.29, 0.717) is 16.9 Å². The molecule has 1 aromatic heterocycles. The highest BCUT2D eigenvalue weighted by Crippen LogP contribution is 2.27. The summed E-state index contributed by atoms with van der Waals surface area (Å²) in [7, 11) is -4.15. The van der Waals surface area contributed by atoms with E-state index in [-0.39, 0.29) is 16.3 Å². The fraction of sp³-hybridized carbons (Fsp3) is 0.107. The maximum absolute atomic E-state index is 12.7. The molecule has 2 amide bonds. The molecule has 4 N–H and O–H groups in total. The number of aliphatic carboxylic acids is 1. The van der Waals surface area contributed by atoms with Crippen molar-refractivity contribution in [1.82, 2.24) is 9.71 Å². The van der Waals surface area contributed by atoms with Gasteiger partial charge in [-0.25, -0.2) is 13.2 Å².